The number of ether oxygens (including phenoxy) is 1. The third kappa shape index (κ3) is 7.85. The van der Waals surface area contributed by atoms with E-state index in [4.69, 9.17) is 27.1 Å². The van der Waals surface area contributed by atoms with Crippen LogP contribution in [0.5, 0.6) is 0 Å². The number of aliphatic imine (C=N–C) groups is 1. The summed E-state index contributed by atoms with van der Waals surface area (Å²) in [6.45, 7) is 5.55. The molecule has 2 atom stereocenters. The van der Waals surface area contributed by atoms with E-state index in [-0.39, 0.29) is 54.4 Å². The molecule has 2 aromatic heterocycles. The molecular formula is C35H36ClF7N8O3. The summed E-state index contributed by atoms with van der Waals surface area (Å²) in [6, 6.07) is 9.50. The Hall–Kier alpha value is -4.84. The van der Waals surface area contributed by atoms with Crippen molar-refractivity contribution in [2.24, 2.45) is 16.1 Å². The molecule has 1 aliphatic heterocycles. The molecule has 19 heteroatoms. The zero-order chi connectivity index (χ0) is 39.8. The Bertz CT molecular complexity index is 2050. The van der Waals surface area contributed by atoms with Gasteiger partial charge in [-0.2, -0.15) is 18.3 Å². The first-order chi connectivity index (χ1) is 25.3. The minimum Gasteiger partial charge on any atom is -0.465 e. The van der Waals surface area contributed by atoms with Crippen LogP contribution in [0.1, 0.15) is 81.6 Å². The van der Waals surface area contributed by atoms with Gasteiger partial charge in [-0.3, -0.25) is 19.5 Å². The lowest BCUT2D eigenvalue weighted by Crippen LogP contribution is -2.47. The number of aromatic nitrogens is 4. The second-order valence-corrected chi connectivity index (χ2v) is 14.4. The van der Waals surface area contributed by atoms with E-state index in [1.165, 1.54) is 42.4 Å². The molecule has 1 amide bonds. The molecule has 3 N–H and O–H groups in total. The van der Waals surface area contributed by atoms with Crippen molar-refractivity contribution in [1.82, 2.24) is 30.0 Å². The number of carbonyl (C=O) groups excluding carboxylic acids is 2. The fourth-order valence-electron chi connectivity index (χ4n) is 6.44. The molecule has 0 saturated heterocycles. The molecule has 4 aromatic rings. The van der Waals surface area contributed by atoms with Crippen LogP contribution in [0.25, 0.3) is 16.5 Å². The number of hydrogen-bond donors (Lipinski definition) is 2. The van der Waals surface area contributed by atoms with Gasteiger partial charge in [-0.25, -0.2) is 32.2 Å². The molecule has 1 saturated carbocycles. The quantitative estimate of drug-likeness (QED) is 0.119. The minimum atomic E-state index is -4.05. The number of amides is 1. The number of fused-ring (bicyclic) bond motifs is 1. The minimum absolute atomic E-state index is 0.0409. The van der Waals surface area contributed by atoms with Gasteiger partial charge in [0.2, 0.25) is 0 Å². The van der Waals surface area contributed by atoms with Gasteiger partial charge in [-0.05, 0) is 72.5 Å². The first-order valence-corrected chi connectivity index (χ1v) is 16.8. The predicted molar refractivity (Wildman–Crippen MR) is 184 cm³/mol. The number of pyridine rings is 1. The third-order valence-electron chi connectivity index (χ3n) is 9.15. The Morgan fingerprint density at radius 2 is 1.74 bits per heavy atom. The number of nitrogens with zero attached hydrogens (tertiary/aromatic N) is 6. The summed E-state index contributed by atoms with van der Waals surface area (Å²) in [6.07, 6.45) is -6.98. The Labute approximate surface area is 309 Å². The van der Waals surface area contributed by atoms with Crippen molar-refractivity contribution in [2.75, 3.05) is 13.7 Å². The maximum absolute atomic E-state index is 14.6. The van der Waals surface area contributed by atoms with E-state index in [1.54, 1.807) is 18.2 Å². The maximum Gasteiger partial charge on any atom is 0.406 e. The van der Waals surface area contributed by atoms with Crippen molar-refractivity contribution in [2.45, 2.75) is 76.2 Å². The molecule has 0 unspecified atom stereocenters. The summed E-state index contributed by atoms with van der Waals surface area (Å²) in [5.74, 6) is -1.42. The molecule has 11 nitrogen and oxygen atoms in total. The summed E-state index contributed by atoms with van der Waals surface area (Å²) in [4.78, 5) is 39.2. The maximum atomic E-state index is 14.6. The number of carbonyl (C=O) groups is 2. The molecule has 1 fully saturated rings. The molecular weight excluding hydrogens is 749 g/mol. The molecule has 290 valence electrons. The third-order valence-corrected chi connectivity index (χ3v) is 9.47. The lowest BCUT2D eigenvalue weighted by molar-refractivity contribution is -0.164. The largest absolute Gasteiger partial charge is 0.465 e. The number of hydrogen-bond acceptors (Lipinski definition) is 9. The Kier molecular flexibility index (Phi) is 11.3. The highest BCUT2D eigenvalue weighted by molar-refractivity contribution is 6.32. The normalized spacial score (nSPS) is 18.8. The lowest BCUT2D eigenvalue weighted by atomic mass is 9.75. The topological polar surface area (TPSA) is 141 Å². The SMILES string of the molecule is CC(C)(C)C[C@]1(c2ccc3c(C(F)F)nccc3c2)N=C(N)N([C@H](COC=O)c2ccc(Cl)c(-n3ncnc3C(F)F)c2)C1=O.CNC1(C(F)(F)F)CC1. The monoisotopic (exact) mass is 784 g/mol. The average Bonchev–Trinajstić information content (AvgIpc) is 3.70. The smallest absolute Gasteiger partial charge is 0.406 e. The summed E-state index contributed by atoms with van der Waals surface area (Å²) < 4.78 is 96.1. The van der Waals surface area contributed by atoms with E-state index in [9.17, 15) is 40.3 Å². The summed E-state index contributed by atoms with van der Waals surface area (Å²) in [5, 5.41) is 6.86. The van der Waals surface area contributed by atoms with Crippen LogP contribution < -0.4 is 11.1 Å². The molecule has 2 aromatic carbocycles. The van der Waals surface area contributed by atoms with Gasteiger partial charge < -0.3 is 15.8 Å². The average molecular weight is 785 g/mol. The van der Waals surface area contributed by atoms with E-state index in [1.807, 2.05) is 20.8 Å². The van der Waals surface area contributed by atoms with E-state index >= 15 is 0 Å². The molecule has 1 aliphatic carbocycles. The fourth-order valence-corrected chi connectivity index (χ4v) is 6.64. The standard InChI is InChI=1S/C30H28ClF4N7O3.C5H8F3N/c1-29(2,3)13-30(18-5-6-19-16(10-18)8-9-37-23(19)24(32)33)27(44)41(28(36)40-30)22(12-45-15-43)17-4-7-20(31)21(11-17)42-26(25(34)35)38-14-39-42;1-9-4(2-3-4)5(6,7)8/h4-11,14-15,22,24-25H,12-13H2,1-3H3,(H2,36,40);9H,2-3H2,1H3/t22-,30-;/m1./s1. The van der Waals surface area contributed by atoms with Crippen molar-refractivity contribution in [1.29, 1.82) is 0 Å². The van der Waals surface area contributed by atoms with Crippen molar-refractivity contribution in [3.8, 4) is 5.69 Å². The van der Waals surface area contributed by atoms with Crippen LogP contribution in [-0.2, 0) is 19.9 Å². The first kappa shape index (κ1) is 40.3. The van der Waals surface area contributed by atoms with Crippen LogP contribution in [0, 0.1) is 5.41 Å². The Balaban J connectivity index is 0.000000546. The number of guanidine groups is 1. The number of nitrogens with two attached hydrogens (primary N) is 1. The van der Waals surface area contributed by atoms with Gasteiger partial charge in [0.25, 0.3) is 25.2 Å². The molecule has 0 radical (unpaired) electrons. The van der Waals surface area contributed by atoms with Crippen molar-refractivity contribution >= 4 is 40.7 Å². The summed E-state index contributed by atoms with van der Waals surface area (Å²) in [5.41, 5.74) is 3.24. The lowest BCUT2D eigenvalue weighted by Gasteiger charge is -2.34. The number of rotatable bonds is 11. The molecule has 0 bridgehead atoms. The molecule has 3 heterocycles. The van der Waals surface area contributed by atoms with Gasteiger partial charge >= 0.3 is 6.18 Å². The number of halogens is 8. The van der Waals surface area contributed by atoms with Gasteiger partial charge in [0.15, 0.2) is 17.3 Å². The van der Waals surface area contributed by atoms with Crippen LogP contribution in [0.2, 0.25) is 5.02 Å². The zero-order valence-corrected chi connectivity index (χ0v) is 30.1. The van der Waals surface area contributed by atoms with Crippen LogP contribution in [-0.4, -0.2) is 68.4 Å². The molecule has 0 spiro atoms. The van der Waals surface area contributed by atoms with E-state index in [0.29, 0.717) is 16.5 Å². The van der Waals surface area contributed by atoms with Gasteiger partial charge in [-0.15, -0.1) is 0 Å². The van der Waals surface area contributed by atoms with Crippen molar-refractivity contribution in [3.05, 3.63) is 82.7 Å². The van der Waals surface area contributed by atoms with E-state index in [2.05, 4.69) is 20.4 Å². The second kappa shape index (κ2) is 15.1. The number of benzene rings is 2. The summed E-state index contributed by atoms with van der Waals surface area (Å²) in [7, 11) is 1.35. The fraction of sp³-hybridized carbons (Fsp3) is 0.429. The van der Waals surface area contributed by atoms with E-state index in [0.717, 1.165) is 11.0 Å². The van der Waals surface area contributed by atoms with Gasteiger partial charge in [0.05, 0.1) is 16.8 Å². The van der Waals surface area contributed by atoms with Crippen LogP contribution in [0.4, 0.5) is 30.7 Å². The highest BCUT2D eigenvalue weighted by atomic mass is 35.5. The highest BCUT2D eigenvalue weighted by Crippen LogP contribution is 2.49. The van der Waals surface area contributed by atoms with Gasteiger partial charge in [0, 0.05) is 11.6 Å². The summed E-state index contributed by atoms with van der Waals surface area (Å²) >= 11 is 6.37. The van der Waals surface area contributed by atoms with Crippen molar-refractivity contribution < 1.29 is 45.1 Å². The van der Waals surface area contributed by atoms with Gasteiger partial charge in [-0.1, -0.05) is 50.6 Å². The molecule has 6 rings (SSSR count). The van der Waals surface area contributed by atoms with E-state index < -0.39 is 59.0 Å². The Morgan fingerprint density at radius 3 is 2.30 bits per heavy atom. The van der Waals surface area contributed by atoms with Crippen molar-refractivity contribution in [3.63, 3.8) is 0 Å². The highest BCUT2D eigenvalue weighted by Gasteiger charge is 2.62. The van der Waals surface area contributed by atoms with Crippen LogP contribution >= 0.6 is 11.6 Å². The Morgan fingerprint density at radius 1 is 1.04 bits per heavy atom. The molecule has 2 aliphatic rings. The first-order valence-electron chi connectivity index (χ1n) is 16.4. The number of nitrogens with one attached hydrogen (secondary N) is 1. The zero-order valence-electron chi connectivity index (χ0n) is 29.3. The van der Waals surface area contributed by atoms with Crippen LogP contribution in [0.3, 0.4) is 0 Å². The van der Waals surface area contributed by atoms with Crippen LogP contribution in [0.15, 0.2) is 60.0 Å². The second-order valence-electron chi connectivity index (χ2n) is 14.0. The molecule has 54 heavy (non-hydrogen) atoms. The van der Waals surface area contributed by atoms with Gasteiger partial charge in [0.1, 0.15) is 24.2 Å². The number of alkyl halides is 7. The predicted octanol–water partition coefficient (Wildman–Crippen LogP) is 7.35.